The van der Waals surface area contributed by atoms with Gasteiger partial charge in [-0.25, -0.2) is 18.4 Å². The zero-order valence-electron chi connectivity index (χ0n) is 14.3. The number of sulfonamides is 1. The highest BCUT2D eigenvalue weighted by molar-refractivity contribution is 7.92. The summed E-state index contributed by atoms with van der Waals surface area (Å²) in [6.45, 7) is 3.38. The quantitative estimate of drug-likeness (QED) is 0.748. The van der Waals surface area contributed by atoms with Crippen LogP contribution in [0.2, 0.25) is 0 Å². The zero-order chi connectivity index (χ0) is 20.0. The van der Waals surface area contributed by atoms with Crippen molar-refractivity contribution in [2.24, 2.45) is 0 Å². The molecule has 27 heavy (non-hydrogen) atoms. The molecular weight excluding hydrogens is 366 g/mol. The van der Waals surface area contributed by atoms with E-state index in [1.54, 1.807) is 32.1 Å². The molecule has 0 saturated heterocycles. The average molecular weight is 379 g/mol. The number of allylic oxidation sites excluding steroid dienone is 2. The van der Waals surface area contributed by atoms with E-state index in [9.17, 15) is 8.42 Å². The van der Waals surface area contributed by atoms with Crippen LogP contribution in [0.1, 0.15) is 11.5 Å². The molecule has 0 radical (unpaired) electrons. The maximum absolute atomic E-state index is 12.5. The Kier molecular flexibility index (Phi) is 5.71. The minimum atomic E-state index is -3.87. The van der Waals surface area contributed by atoms with Gasteiger partial charge in [-0.2, -0.15) is 15.8 Å². The summed E-state index contributed by atoms with van der Waals surface area (Å²) in [4.78, 5) is 8.09. The number of nitrogens with zero attached hydrogens (tertiary/aromatic N) is 5. The molecule has 1 aromatic heterocycles. The Morgan fingerprint density at radius 2 is 1.63 bits per heavy atom. The van der Waals surface area contributed by atoms with Crippen molar-refractivity contribution in [3.63, 3.8) is 0 Å². The number of hydrogen-bond acceptors (Lipinski definition) is 8. The number of benzene rings is 1. The molecule has 2 aromatic rings. The minimum absolute atomic E-state index is 0.0229. The predicted molar refractivity (Wildman–Crippen MR) is 96.2 cm³/mol. The molecule has 0 aliphatic rings. The lowest BCUT2D eigenvalue weighted by molar-refractivity contribution is 0.601. The van der Waals surface area contributed by atoms with E-state index >= 15 is 0 Å². The highest BCUT2D eigenvalue weighted by Crippen LogP contribution is 2.19. The van der Waals surface area contributed by atoms with E-state index in [0.717, 1.165) is 0 Å². The van der Waals surface area contributed by atoms with Crippen molar-refractivity contribution in [1.82, 2.24) is 9.97 Å². The highest BCUT2D eigenvalue weighted by Gasteiger charge is 2.16. The first-order valence-corrected chi connectivity index (χ1v) is 8.94. The van der Waals surface area contributed by atoms with Gasteiger partial charge in [0, 0.05) is 17.4 Å². The molecule has 10 heteroatoms. The van der Waals surface area contributed by atoms with E-state index in [1.165, 1.54) is 30.3 Å². The van der Waals surface area contributed by atoms with E-state index in [4.69, 9.17) is 15.8 Å². The van der Waals surface area contributed by atoms with Gasteiger partial charge in [0.05, 0.1) is 4.90 Å². The van der Waals surface area contributed by atoms with E-state index in [0.29, 0.717) is 17.2 Å². The van der Waals surface area contributed by atoms with Gasteiger partial charge < -0.3 is 5.32 Å². The molecule has 134 valence electrons. The summed E-state index contributed by atoms with van der Waals surface area (Å²) < 4.78 is 27.3. The first-order valence-electron chi connectivity index (χ1n) is 7.46. The van der Waals surface area contributed by atoms with Crippen LogP contribution in [-0.4, -0.2) is 18.4 Å². The number of rotatable bonds is 5. The van der Waals surface area contributed by atoms with E-state index in [-0.39, 0.29) is 22.0 Å². The van der Waals surface area contributed by atoms with Gasteiger partial charge in [-0.1, -0.05) is 0 Å². The molecule has 0 saturated carbocycles. The van der Waals surface area contributed by atoms with Gasteiger partial charge in [0.15, 0.2) is 5.57 Å². The van der Waals surface area contributed by atoms with Gasteiger partial charge in [-0.15, -0.1) is 0 Å². The van der Waals surface area contributed by atoms with Crippen LogP contribution < -0.4 is 10.0 Å². The summed E-state index contributed by atoms with van der Waals surface area (Å²) in [5.41, 5.74) is 0.384. The van der Waals surface area contributed by atoms with Gasteiger partial charge in [0.1, 0.15) is 35.5 Å². The van der Waals surface area contributed by atoms with Gasteiger partial charge in [0.25, 0.3) is 10.0 Å². The molecule has 0 aliphatic carbocycles. The minimum Gasteiger partial charge on any atom is -0.345 e. The van der Waals surface area contributed by atoms with E-state index in [1.807, 2.05) is 0 Å². The van der Waals surface area contributed by atoms with Crippen LogP contribution in [0.3, 0.4) is 0 Å². The molecule has 2 rings (SSSR count). The largest absolute Gasteiger partial charge is 0.345 e. The van der Waals surface area contributed by atoms with E-state index in [2.05, 4.69) is 20.0 Å². The summed E-state index contributed by atoms with van der Waals surface area (Å²) in [5, 5.41) is 29.3. The van der Waals surface area contributed by atoms with Crippen LogP contribution in [-0.2, 0) is 10.0 Å². The highest BCUT2D eigenvalue weighted by atomic mass is 32.2. The molecule has 0 fully saturated rings. The third-order valence-electron chi connectivity index (χ3n) is 3.22. The molecule has 0 amide bonds. The van der Waals surface area contributed by atoms with Gasteiger partial charge >= 0.3 is 0 Å². The van der Waals surface area contributed by atoms with Crippen LogP contribution >= 0.6 is 0 Å². The smallest absolute Gasteiger partial charge is 0.263 e. The van der Waals surface area contributed by atoms with Gasteiger partial charge in [-0.3, -0.25) is 4.72 Å². The first-order chi connectivity index (χ1) is 12.8. The fourth-order valence-electron chi connectivity index (χ4n) is 2.11. The second kappa shape index (κ2) is 7.96. The zero-order valence-corrected chi connectivity index (χ0v) is 15.2. The van der Waals surface area contributed by atoms with Gasteiger partial charge in [0.2, 0.25) is 0 Å². The Balaban J connectivity index is 2.26. The molecule has 2 N–H and O–H groups in total. The Bertz CT molecular complexity index is 1100. The van der Waals surface area contributed by atoms with Gasteiger partial charge in [-0.05, 0) is 38.1 Å². The molecule has 0 spiro atoms. The number of nitrogens with one attached hydrogen (secondary N) is 2. The maximum atomic E-state index is 12.5. The number of aromatic nitrogens is 2. The van der Waals surface area contributed by atoms with Crippen molar-refractivity contribution in [1.29, 1.82) is 15.8 Å². The number of aryl methyl sites for hydroxylation is 2. The van der Waals surface area contributed by atoms with Crippen LogP contribution in [0, 0.1) is 47.8 Å². The van der Waals surface area contributed by atoms with Crippen LogP contribution in [0.15, 0.2) is 46.5 Å². The average Bonchev–Trinajstić information content (AvgIpc) is 2.61. The summed E-state index contributed by atoms with van der Waals surface area (Å²) in [6.07, 6.45) is 0. The lowest BCUT2D eigenvalue weighted by Gasteiger charge is -2.10. The lowest BCUT2D eigenvalue weighted by atomic mass is 10.2. The molecular formula is C17H13N7O2S. The molecule has 1 heterocycles. The summed E-state index contributed by atoms with van der Waals surface area (Å²) >= 11 is 0. The Hall–Kier alpha value is -3.94. The Morgan fingerprint density at radius 3 is 2.15 bits per heavy atom. The fraction of sp³-hybridized carbons (Fsp3) is 0.118. The lowest BCUT2D eigenvalue weighted by Crippen LogP contribution is -2.14. The van der Waals surface area contributed by atoms with Crippen molar-refractivity contribution in [2.45, 2.75) is 18.7 Å². The topological polar surface area (TPSA) is 155 Å². The van der Waals surface area contributed by atoms with Crippen LogP contribution in [0.4, 0.5) is 11.5 Å². The first kappa shape index (κ1) is 19.4. The second-order valence-corrected chi connectivity index (χ2v) is 6.96. The van der Waals surface area contributed by atoms with Crippen molar-refractivity contribution >= 4 is 21.5 Å². The molecule has 9 nitrogen and oxygen atoms in total. The third kappa shape index (κ3) is 4.79. The SMILES string of the molecule is Cc1cc(NS(=O)(=O)c2ccc(NC(C#N)=C(C#N)C#N)cc2)nc(C)n1. The monoisotopic (exact) mass is 379 g/mol. The number of anilines is 2. The molecule has 0 atom stereocenters. The summed E-state index contributed by atoms with van der Waals surface area (Å²) in [5.74, 6) is 0.596. The fourth-order valence-corrected chi connectivity index (χ4v) is 3.10. The number of nitriles is 3. The summed E-state index contributed by atoms with van der Waals surface area (Å²) in [7, 11) is -3.87. The third-order valence-corrected chi connectivity index (χ3v) is 4.59. The normalized spacial score (nSPS) is 10.0. The molecule has 0 bridgehead atoms. The number of hydrogen-bond donors (Lipinski definition) is 2. The Labute approximate surface area is 156 Å². The molecule has 0 aliphatic heterocycles. The van der Waals surface area contributed by atoms with Crippen molar-refractivity contribution in [3.8, 4) is 18.2 Å². The summed E-state index contributed by atoms with van der Waals surface area (Å²) in [6, 6.07) is 11.9. The van der Waals surface area contributed by atoms with E-state index < -0.39 is 10.0 Å². The predicted octanol–water partition coefficient (Wildman–Crippen LogP) is 2.13. The Morgan fingerprint density at radius 1 is 1.00 bits per heavy atom. The van der Waals surface area contributed by atoms with Crippen molar-refractivity contribution in [2.75, 3.05) is 10.0 Å². The second-order valence-electron chi connectivity index (χ2n) is 5.28. The molecule has 1 aromatic carbocycles. The standard InChI is InChI=1S/C17H13N7O2S/c1-11-7-17(22-12(2)21-11)24-27(25,26)15-5-3-14(4-6-15)23-16(10-20)13(8-18)9-19/h3-7,23H,1-2H3,(H,21,22,24). The maximum Gasteiger partial charge on any atom is 0.263 e. The van der Waals surface area contributed by atoms with Crippen LogP contribution in [0.5, 0.6) is 0 Å². The molecule has 0 unspecified atom stereocenters. The van der Waals surface area contributed by atoms with Crippen LogP contribution in [0.25, 0.3) is 0 Å². The van der Waals surface area contributed by atoms with Crippen molar-refractivity contribution < 1.29 is 8.42 Å². The van der Waals surface area contributed by atoms with Crippen molar-refractivity contribution in [3.05, 3.63) is 53.1 Å².